The first kappa shape index (κ1) is 14.8. The van der Waals surface area contributed by atoms with Gasteiger partial charge in [0.15, 0.2) is 0 Å². The number of rotatable bonds is 5. The minimum Gasteiger partial charge on any atom is -0.385 e. The van der Waals surface area contributed by atoms with Crippen LogP contribution >= 0.6 is 0 Å². The Labute approximate surface area is 122 Å². The lowest BCUT2D eigenvalue weighted by Gasteiger charge is -2.30. The number of carbonyl (C=O) groups is 3. The largest absolute Gasteiger partial charge is 0.385 e. The Kier molecular flexibility index (Phi) is 4.42. The van der Waals surface area contributed by atoms with E-state index in [4.69, 9.17) is 11.5 Å². The van der Waals surface area contributed by atoms with Crippen LogP contribution in [0.15, 0.2) is 24.3 Å². The molecular formula is C14H18N4O3. The van der Waals surface area contributed by atoms with Crippen LogP contribution in [-0.4, -0.2) is 42.3 Å². The summed E-state index contributed by atoms with van der Waals surface area (Å²) in [4.78, 5) is 35.9. The molecule has 1 heterocycles. The third kappa shape index (κ3) is 3.50. The fourth-order valence-electron chi connectivity index (χ4n) is 2.53. The Morgan fingerprint density at radius 3 is 2.38 bits per heavy atom. The van der Waals surface area contributed by atoms with Gasteiger partial charge >= 0.3 is 0 Å². The molecular weight excluding hydrogens is 272 g/mol. The number of hydrogen-bond acceptors (Lipinski definition) is 4. The Morgan fingerprint density at radius 2 is 1.76 bits per heavy atom. The predicted molar refractivity (Wildman–Crippen MR) is 77.3 cm³/mol. The number of amides is 3. The molecule has 1 aromatic carbocycles. The number of anilines is 1. The van der Waals surface area contributed by atoms with Crippen LogP contribution in [0.4, 0.5) is 5.69 Å². The van der Waals surface area contributed by atoms with Crippen molar-refractivity contribution < 1.29 is 14.4 Å². The zero-order valence-electron chi connectivity index (χ0n) is 11.5. The Balaban J connectivity index is 2.25. The molecule has 5 N–H and O–H groups in total. The number of hydrogen-bond donors (Lipinski definition) is 3. The molecule has 7 heteroatoms. The van der Waals surface area contributed by atoms with E-state index in [1.165, 1.54) is 0 Å². The molecule has 112 valence electrons. The summed E-state index contributed by atoms with van der Waals surface area (Å²) in [5.74, 6) is -2.05. The number of nitrogens with one attached hydrogen (secondary N) is 1. The molecule has 1 aliphatic rings. The summed E-state index contributed by atoms with van der Waals surface area (Å²) in [6, 6.07) is 7.47. The van der Waals surface area contributed by atoms with Crippen molar-refractivity contribution in [2.75, 3.05) is 25.0 Å². The van der Waals surface area contributed by atoms with Crippen molar-refractivity contribution in [3.63, 3.8) is 0 Å². The maximum atomic E-state index is 12.6. The Hall–Kier alpha value is -2.57. The minimum absolute atomic E-state index is 0.304. The average molecular weight is 290 g/mol. The van der Waals surface area contributed by atoms with E-state index in [0.717, 1.165) is 16.2 Å². The SMILES string of the molecule is NC(=O)CN(CC(N)=O)C(=O)C1CCNc2ccccc21. The number of benzene rings is 1. The average Bonchev–Trinajstić information content (AvgIpc) is 2.44. The molecule has 7 nitrogen and oxygen atoms in total. The van der Waals surface area contributed by atoms with Crippen molar-refractivity contribution >= 4 is 23.4 Å². The lowest BCUT2D eigenvalue weighted by atomic mass is 9.89. The monoisotopic (exact) mass is 290 g/mol. The number of primary amides is 2. The molecule has 1 unspecified atom stereocenters. The lowest BCUT2D eigenvalue weighted by molar-refractivity contribution is -0.139. The molecule has 3 amide bonds. The van der Waals surface area contributed by atoms with Crippen molar-refractivity contribution in [1.29, 1.82) is 0 Å². The highest BCUT2D eigenvalue weighted by Crippen LogP contribution is 2.32. The van der Waals surface area contributed by atoms with Crippen LogP contribution in [0.5, 0.6) is 0 Å². The summed E-state index contributed by atoms with van der Waals surface area (Å²) in [5, 5.41) is 3.21. The van der Waals surface area contributed by atoms with Gasteiger partial charge in [0.1, 0.15) is 0 Å². The minimum atomic E-state index is -0.674. The maximum Gasteiger partial charge on any atom is 0.237 e. The Bertz CT molecular complexity index is 557. The smallest absolute Gasteiger partial charge is 0.237 e. The molecule has 0 fully saturated rings. The summed E-state index contributed by atoms with van der Waals surface area (Å²) in [6.45, 7) is 0.0239. The van der Waals surface area contributed by atoms with E-state index in [1.807, 2.05) is 24.3 Å². The number of fused-ring (bicyclic) bond motifs is 1. The van der Waals surface area contributed by atoms with E-state index in [0.29, 0.717) is 13.0 Å². The molecule has 1 aliphatic heterocycles. The third-order valence-electron chi connectivity index (χ3n) is 3.39. The van der Waals surface area contributed by atoms with Crippen molar-refractivity contribution in [3.05, 3.63) is 29.8 Å². The second-order valence-corrected chi connectivity index (χ2v) is 4.98. The molecule has 0 saturated carbocycles. The van der Waals surface area contributed by atoms with Crippen LogP contribution in [0.2, 0.25) is 0 Å². The fourth-order valence-corrected chi connectivity index (χ4v) is 2.53. The van der Waals surface area contributed by atoms with Crippen LogP contribution in [0, 0.1) is 0 Å². The second kappa shape index (κ2) is 6.25. The number of carbonyl (C=O) groups excluding carboxylic acids is 3. The first-order valence-corrected chi connectivity index (χ1v) is 6.67. The molecule has 0 saturated heterocycles. The molecule has 1 atom stereocenters. The fraction of sp³-hybridized carbons (Fsp3) is 0.357. The zero-order valence-corrected chi connectivity index (χ0v) is 11.5. The van der Waals surface area contributed by atoms with Crippen LogP contribution < -0.4 is 16.8 Å². The van der Waals surface area contributed by atoms with Gasteiger partial charge in [0.2, 0.25) is 17.7 Å². The second-order valence-electron chi connectivity index (χ2n) is 4.98. The van der Waals surface area contributed by atoms with Crippen LogP contribution in [0.1, 0.15) is 17.9 Å². The highest BCUT2D eigenvalue weighted by molar-refractivity contribution is 5.92. The molecule has 2 rings (SSSR count). The molecule has 1 aromatic rings. The van der Waals surface area contributed by atoms with Gasteiger partial charge in [0, 0.05) is 12.2 Å². The van der Waals surface area contributed by atoms with Gasteiger partial charge in [-0.25, -0.2) is 0 Å². The third-order valence-corrected chi connectivity index (χ3v) is 3.39. The van der Waals surface area contributed by atoms with Gasteiger partial charge in [-0.3, -0.25) is 14.4 Å². The van der Waals surface area contributed by atoms with E-state index in [-0.39, 0.29) is 19.0 Å². The quantitative estimate of drug-likeness (QED) is 0.670. The number of para-hydroxylation sites is 1. The normalized spacial score (nSPS) is 16.5. The van der Waals surface area contributed by atoms with Crippen molar-refractivity contribution in [2.24, 2.45) is 11.5 Å². The van der Waals surface area contributed by atoms with Gasteiger partial charge in [-0.2, -0.15) is 0 Å². The zero-order chi connectivity index (χ0) is 15.4. The number of nitrogens with two attached hydrogens (primary N) is 2. The van der Waals surface area contributed by atoms with E-state index < -0.39 is 17.7 Å². The summed E-state index contributed by atoms with van der Waals surface area (Å²) >= 11 is 0. The van der Waals surface area contributed by atoms with Crippen LogP contribution in [0.25, 0.3) is 0 Å². The van der Waals surface area contributed by atoms with Gasteiger partial charge < -0.3 is 21.7 Å². The standard InChI is InChI=1S/C14H18N4O3/c15-12(19)7-18(8-13(16)20)14(21)10-5-6-17-11-4-2-1-3-9(10)11/h1-4,10,17H,5-8H2,(H2,15,19)(H2,16,20). The van der Waals surface area contributed by atoms with Gasteiger partial charge in [-0.15, -0.1) is 0 Å². The molecule has 0 aromatic heterocycles. The first-order valence-electron chi connectivity index (χ1n) is 6.67. The van der Waals surface area contributed by atoms with Crippen molar-refractivity contribution in [3.8, 4) is 0 Å². The summed E-state index contributed by atoms with van der Waals surface area (Å²) in [6.07, 6.45) is 0.587. The van der Waals surface area contributed by atoms with E-state index in [9.17, 15) is 14.4 Å². The molecule has 0 spiro atoms. The van der Waals surface area contributed by atoms with Gasteiger partial charge in [-0.1, -0.05) is 18.2 Å². The highest BCUT2D eigenvalue weighted by Gasteiger charge is 2.31. The van der Waals surface area contributed by atoms with Gasteiger partial charge in [0.25, 0.3) is 0 Å². The summed E-state index contributed by atoms with van der Waals surface area (Å²) in [7, 11) is 0. The summed E-state index contributed by atoms with van der Waals surface area (Å²) in [5.41, 5.74) is 12.0. The molecule has 0 aliphatic carbocycles. The predicted octanol–water partition coefficient (Wildman–Crippen LogP) is -0.615. The van der Waals surface area contributed by atoms with Crippen molar-refractivity contribution in [2.45, 2.75) is 12.3 Å². The summed E-state index contributed by atoms with van der Waals surface area (Å²) < 4.78 is 0. The van der Waals surface area contributed by atoms with Gasteiger partial charge in [-0.05, 0) is 18.1 Å². The van der Waals surface area contributed by atoms with E-state index >= 15 is 0 Å². The van der Waals surface area contributed by atoms with Gasteiger partial charge in [0.05, 0.1) is 19.0 Å². The van der Waals surface area contributed by atoms with E-state index in [2.05, 4.69) is 5.32 Å². The molecule has 0 radical (unpaired) electrons. The maximum absolute atomic E-state index is 12.6. The topological polar surface area (TPSA) is 119 Å². The van der Waals surface area contributed by atoms with Crippen LogP contribution in [-0.2, 0) is 14.4 Å². The molecule has 21 heavy (non-hydrogen) atoms. The first-order chi connectivity index (χ1) is 9.99. The van der Waals surface area contributed by atoms with Crippen molar-refractivity contribution in [1.82, 2.24) is 4.90 Å². The highest BCUT2D eigenvalue weighted by atomic mass is 16.2. The van der Waals surface area contributed by atoms with E-state index in [1.54, 1.807) is 0 Å². The lowest BCUT2D eigenvalue weighted by Crippen LogP contribution is -2.46. The molecule has 0 bridgehead atoms. The van der Waals surface area contributed by atoms with Crippen LogP contribution in [0.3, 0.4) is 0 Å². The Morgan fingerprint density at radius 1 is 1.14 bits per heavy atom. The number of nitrogens with zero attached hydrogens (tertiary/aromatic N) is 1.